The SMILES string of the molecule is CCCC(CC)Nc1ncnc2c1cnn2C. The van der Waals surface area contributed by atoms with Crippen LogP contribution in [0.15, 0.2) is 12.5 Å². The Kier molecular flexibility index (Phi) is 3.56. The monoisotopic (exact) mass is 233 g/mol. The van der Waals surface area contributed by atoms with E-state index in [1.165, 1.54) is 6.42 Å². The van der Waals surface area contributed by atoms with Crippen molar-refractivity contribution in [3.05, 3.63) is 12.5 Å². The van der Waals surface area contributed by atoms with Crippen LogP contribution >= 0.6 is 0 Å². The van der Waals surface area contributed by atoms with Gasteiger partial charge in [-0.1, -0.05) is 20.3 Å². The molecule has 0 saturated carbocycles. The van der Waals surface area contributed by atoms with Crippen molar-refractivity contribution >= 4 is 16.9 Å². The Balaban J connectivity index is 2.29. The van der Waals surface area contributed by atoms with Gasteiger partial charge in [0.05, 0.1) is 11.6 Å². The predicted molar refractivity (Wildman–Crippen MR) is 68.9 cm³/mol. The van der Waals surface area contributed by atoms with Gasteiger partial charge in [-0.25, -0.2) is 9.97 Å². The van der Waals surface area contributed by atoms with Crippen LogP contribution in [0.4, 0.5) is 5.82 Å². The number of nitrogens with one attached hydrogen (secondary N) is 1. The summed E-state index contributed by atoms with van der Waals surface area (Å²) in [6.45, 7) is 4.39. The molecule has 2 aromatic rings. The summed E-state index contributed by atoms with van der Waals surface area (Å²) in [6, 6.07) is 0.471. The van der Waals surface area contributed by atoms with Crippen molar-refractivity contribution in [1.82, 2.24) is 19.7 Å². The van der Waals surface area contributed by atoms with Gasteiger partial charge in [0.25, 0.3) is 0 Å². The van der Waals surface area contributed by atoms with Gasteiger partial charge < -0.3 is 5.32 Å². The van der Waals surface area contributed by atoms with Gasteiger partial charge in [-0.2, -0.15) is 5.10 Å². The largest absolute Gasteiger partial charge is 0.367 e. The second kappa shape index (κ2) is 5.12. The van der Waals surface area contributed by atoms with Crippen LogP contribution in [-0.4, -0.2) is 25.8 Å². The van der Waals surface area contributed by atoms with E-state index < -0.39 is 0 Å². The molecule has 0 bridgehead atoms. The summed E-state index contributed by atoms with van der Waals surface area (Å²) >= 11 is 0. The fourth-order valence-electron chi connectivity index (χ4n) is 2.00. The van der Waals surface area contributed by atoms with E-state index in [2.05, 4.69) is 34.2 Å². The van der Waals surface area contributed by atoms with E-state index in [9.17, 15) is 0 Å². The van der Waals surface area contributed by atoms with Crippen molar-refractivity contribution < 1.29 is 0 Å². The van der Waals surface area contributed by atoms with Crippen LogP contribution in [-0.2, 0) is 7.05 Å². The number of aryl methyl sites for hydroxylation is 1. The Bertz CT molecular complexity index is 491. The first kappa shape index (κ1) is 11.8. The highest BCUT2D eigenvalue weighted by atomic mass is 15.3. The second-order valence-corrected chi connectivity index (χ2v) is 4.27. The highest BCUT2D eigenvalue weighted by Crippen LogP contribution is 2.20. The highest BCUT2D eigenvalue weighted by molar-refractivity contribution is 5.86. The lowest BCUT2D eigenvalue weighted by atomic mass is 10.1. The van der Waals surface area contributed by atoms with Crippen molar-refractivity contribution in [2.24, 2.45) is 7.05 Å². The van der Waals surface area contributed by atoms with Gasteiger partial charge in [-0.3, -0.25) is 4.68 Å². The first-order valence-corrected chi connectivity index (χ1v) is 6.15. The molecular weight excluding hydrogens is 214 g/mol. The van der Waals surface area contributed by atoms with Crippen LogP contribution in [0.3, 0.4) is 0 Å². The molecule has 92 valence electrons. The van der Waals surface area contributed by atoms with Gasteiger partial charge in [0.2, 0.25) is 0 Å². The first-order chi connectivity index (χ1) is 8.26. The standard InChI is InChI=1S/C12H19N5/c1-4-6-9(5-2)16-11-10-7-15-17(3)12(10)14-8-13-11/h7-9H,4-6H2,1-3H3,(H,13,14,16). The maximum absolute atomic E-state index is 4.31. The first-order valence-electron chi connectivity index (χ1n) is 6.15. The molecule has 0 spiro atoms. The van der Waals surface area contributed by atoms with Crippen molar-refractivity contribution in [3.8, 4) is 0 Å². The summed E-state index contributed by atoms with van der Waals surface area (Å²) in [5.41, 5.74) is 0.869. The van der Waals surface area contributed by atoms with Crippen LogP contribution in [0, 0.1) is 0 Å². The third-order valence-electron chi connectivity index (χ3n) is 3.00. The molecule has 0 amide bonds. The normalized spacial score (nSPS) is 12.9. The Morgan fingerprint density at radius 2 is 2.18 bits per heavy atom. The lowest BCUT2D eigenvalue weighted by Crippen LogP contribution is -2.19. The number of aromatic nitrogens is 4. The minimum Gasteiger partial charge on any atom is -0.367 e. The van der Waals surface area contributed by atoms with Crippen LogP contribution in [0.25, 0.3) is 11.0 Å². The number of hydrogen-bond donors (Lipinski definition) is 1. The van der Waals surface area contributed by atoms with Gasteiger partial charge in [0.1, 0.15) is 12.1 Å². The predicted octanol–water partition coefficient (Wildman–Crippen LogP) is 2.35. The van der Waals surface area contributed by atoms with Crippen LogP contribution < -0.4 is 5.32 Å². The maximum atomic E-state index is 4.31. The molecule has 0 fully saturated rings. The van der Waals surface area contributed by atoms with E-state index in [-0.39, 0.29) is 0 Å². The third-order valence-corrected chi connectivity index (χ3v) is 3.00. The van der Waals surface area contributed by atoms with Gasteiger partial charge >= 0.3 is 0 Å². The van der Waals surface area contributed by atoms with Crippen molar-refractivity contribution in [3.63, 3.8) is 0 Å². The lowest BCUT2D eigenvalue weighted by molar-refractivity contribution is 0.621. The Labute approximate surface area is 101 Å². The second-order valence-electron chi connectivity index (χ2n) is 4.27. The molecule has 1 atom stereocenters. The molecule has 0 aliphatic heterocycles. The highest BCUT2D eigenvalue weighted by Gasteiger charge is 2.11. The summed E-state index contributed by atoms with van der Waals surface area (Å²) < 4.78 is 1.77. The molecule has 1 unspecified atom stereocenters. The smallest absolute Gasteiger partial charge is 0.163 e. The van der Waals surface area contributed by atoms with E-state index in [0.29, 0.717) is 6.04 Å². The number of rotatable bonds is 5. The van der Waals surface area contributed by atoms with Crippen LogP contribution in [0.2, 0.25) is 0 Å². The zero-order valence-corrected chi connectivity index (χ0v) is 10.6. The molecule has 0 aliphatic carbocycles. The van der Waals surface area contributed by atoms with Crippen molar-refractivity contribution in [2.75, 3.05) is 5.32 Å². The molecular formula is C12H19N5. The molecule has 0 aliphatic rings. The van der Waals surface area contributed by atoms with E-state index >= 15 is 0 Å². The summed E-state index contributed by atoms with van der Waals surface area (Å²) in [7, 11) is 1.89. The number of anilines is 1. The summed E-state index contributed by atoms with van der Waals surface area (Å²) in [5, 5.41) is 8.68. The zero-order chi connectivity index (χ0) is 12.3. The molecule has 1 N–H and O–H groups in total. The molecule has 0 radical (unpaired) electrons. The third kappa shape index (κ3) is 2.38. The maximum Gasteiger partial charge on any atom is 0.163 e. The fraction of sp³-hybridized carbons (Fsp3) is 0.583. The Morgan fingerprint density at radius 3 is 2.88 bits per heavy atom. The number of hydrogen-bond acceptors (Lipinski definition) is 4. The average Bonchev–Trinajstić information content (AvgIpc) is 2.72. The molecule has 5 heteroatoms. The quantitative estimate of drug-likeness (QED) is 0.861. The summed E-state index contributed by atoms with van der Waals surface area (Å²) in [4.78, 5) is 8.54. The van der Waals surface area contributed by atoms with Crippen molar-refractivity contribution in [2.45, 2.75) is 39.2 Å². The number of fused-ring (bicyclic) bond motifs is 1. The topological polar surface area (TPSA) is 55.6 Å². The van der Waals surface area contributed by atoms with E-state index in [1.807, 2.05) is 13.2 Å². The molecule has 2 aromatic heterocycles. The average molecular weight is 233 g/mol. The van der Waals surface area contributed by atoms with Gasteiger partial charge in [-0.05, 0) is 12.8 Å². The molecule has 2 heterocycles. The van der Waals surface area contributed by atoms with Gasteiger partial charge in [-0.15, -0.1) is 0 Å². The fourth-order valence-corrected chi connectivity index (χ4v) is 2.00. The van der Waals surface area contributed by atoms with Gasteiger partial charge in [0.15, 0.2) is 5.65 Å². The Hall–Kier alpha value is -1.65. The Morgan fingerprint density at radius 1 is 1.35 bits per heavy atom. The number of nitrogens with zero attached hydrogens (tertiary/aromatic N) is 4. The summed E-state index contributed by atoms with van der Waals surface area (Å²) in [5.74, 6) is 0.892. The molecule has 17 heavy (non-hydrogen) atoms. The molecule has 2 rings (SSSR count). The van der Waals surface area contributed by atoms with Crippen LogP contribution in [0.1, 0.15) is 33.1 Å². The van der Waals surface area contributed by atoms with E-state index in [1.54, 1.807) is 11.0 Å². The zero-order valence-electron chi connectivity index (χ0n) is 10.6. The molecule has 5 nitrogen and oxygen atoms in total. The van der Waals surface area contributed by atoms with E-state index in [0.717, 1.165) is 29.7 Å². The molecule has 0 saturated heterocycles. The molecule has 0 aromatic carbocycles. The van der Waals surface area contributed by atoms with E-state index in [4.69, 9.17) is 0 Å². The minimum absolute atomic E-state index is 0.471. The van der Waals surface area contributed by atoms with Gasteiger partial charge in [0, 0.05) is 13.1 Å². The van der Waals surface area contributed by atoms with Crippen molar-refractivity contribution in [1.29, 1.82) is 0 Å². The minimum atomic E-state index is 0.471. The van der Waals surface area contributed by atoms with Crippen LogP contribution in [0.5, 0.6) is 0 Å². The lowest BCUT2D eigenvalue weighted by Gasteiger charge is -2.16. The summed E-state index contributed by atoms with van der Waals surface area (Å²) in [6.07, 6.45) is 6.83.